The first-order chi connectivity index (χ1) is 12.0. The highest BCUT2D eigenvalue weighted by Crippen LogP contribution is 2.27. The van der Waals surface area contributed by atoms with Crippen LogP contribution in [0, 0.1) is 12.8 Å². The van der Waals surface area contributed by atoms with Crippen molar-refractivity contribution in [1.82, 2.24) is 14.8 Å². The molecule has 0 saturated heterocycles. The summed E-state index contributed by atoms with van der Waals surface area (Å²) < 4.78 is 1.91. The van der Waals surface area contributed by atoms with E-state index in [4.69, 9.17) is 4.98 Å². The van der Waals surface area contributed by atoms with Crippen LogP contribution in [0.25, 0.3) is 21.9 Å². The van der Waals surface area contributed by atoms with E-state index in [-0.39, 0.29) is 5.91 Å². The summed E-state index contributed by atoms with van der Waals surface area (Å²) in [4.78, 5) is 17.0. The van der Waals surface area contributed by atoms with Crippen LogP contribution in [0.15, 0.2) is 24.3 Å². The van der Waals surface area contributed by atoms with Crippen LogP contribution in [0.1, 0.15) is 45.6 Å². The number of carbonyl (C=O) groups is 1. The number of amides is 1. The Kier molecular flexibility index (Phi) is 5.02. The van der Waals surface area contributed by atoms with Crippen molar-refractivity contribution in [1.29, 1.82) is 0 Å². The first-order valence-corrected chi connectivity index (χ1v) is 9.05. The fourth-order valence-electron chi connectivity index (χ4n) is 2.96. The number of aryl methyl sites for hydroxylation is 1. The average Bonchev–Trinajstić information content (AvgIpc) is 2.87. The molecule has 0 atom stereocenters. The van der Waals surface area contributed by atoms with Gasteiger partial charge in [0.1, 0.15) is 0 Å². The van der Waals surface area contributed by atoms with Crippen LogP contribution in [-0.4, -0.2) is 20.7 Å². The van der Waals surface area contributed by atoms with Crippen molar-refractivity contribution >= 4 is 33.7 Å². The zero-order chi connectivity index (χ0) is 18.0. The smallest absolute Gasteiger partial charge is 0.225 e. The number of hydrogen-bond donors (Lipinski definition) is 1. The van der Waals surface area contributed by atoms with Crippen molar-refractivity contribution in [2.24, 2.45) is 5.92 Å². The molecule has 1 amide bonds. The van der Waals surface area contributed by atoms with Gasteiger partial charge in [-0.25, -0.2) is 9.67 Å². The van der Waals surface area contributed by atoms with Crippen molar-refractivity contribution in [3.63, 3.8) is 0 Å². The molecule has 0 saturated carbocycles. The van der Waals surface area contributed by atoms with Crippen molar-refractivity contribution in [2.45, 2.75) is 53.5 Å². The first kappa shape index (κ1) is 17.4. The molecular weight excluding hydrogens is 312 g/mol. The summed E-state index contributed by atoms with van der Waals surface area (Å²) in [7, 11) is 0. The van der Waals surface area contributed by atoms with Gasteiger partial charge in [0, 0.05) is 18.4 Å². The van der Waals surface area contributed by atoms with E-state index in [0.717, 1.165) is 41.3 Å². The average molecular weight is 338 g/mol. The Balaban J connectivity index is 2.09. The Labute approximate surface area is 148 Å². The summed E-state index contributed by atoms with van der Waals surface area (Å²) in [6, 6.07) is 8.31. The van der Waals surface area contributed by atoms with Gasteiger partial charge in [-0.05, 0) is 37.0 Å². The van der Waals surface area contributed by atoms with Gasteiger partial charge in [0.05, 0.1) is 10.9 Å². The van der Waals surface area contributed by atoms with Crippen molar-refractivity contribution < 1.29 is 4.79 Å². The lowest BCUT2D eigenvalue weighted by molar-refractivity contribution is -0.116. The van der Waals surface area contributed by atoms with E-state index in [1.807, 2.05) is 4.68 Å². The molecule has 0 radical (unpaired) electrons. The van der Waals surface area contributed by atoms with Crippen molar-refractivity contribution in [2.75, 3.05) is 5.32 Å². The van der Waals surface area contributed by atoms with Gasteiger partial charge in [0.2, 0.25) is 5.91 Å². The number of hydrogen-bond acceptors (Lipinski definition) is 3. The van der Waals surface area contributed by atoms with Crippen LogP contribution in [0.2, 0.25) is 0 Å². The van der Waals surface area contributed by atoms with Crippen LogP contribution in [-0.2, 0) is 11.3 Å². The number of fused-ring (bicyclic) bond motifs is 2. The predicted octanol–water partition coefficient (Wildman–Crippen LogP) is 4.68. The number of carbonyl (C=O) groups excluding carboxylic acids is 1. The van der Waals surface area contributed by atoms with E-state index >= 15 is 0 Å². The molecule has 0 spiro atoms. The highest BCUT2D eigenvalue weighted by molar-refractivity contribution is 6.02. The Bertz CT molecular complexity index is 911. The number of nitrogens with one attached hydrogen (secondary N) is 1. The summed E-state index contributed by atoms with van der Waals surface area (Å²) >= 11 is 0. The molecule has 0 fully saturated rings. The summed E-state index contributed by atoms with van der Waals surface area (Å²) in [6.07, 6.45) is 2.41. The number of anilines is 1. The van der Waals surface area contributed by atoms with E-state index in [9.17, 15) is 4.79 Å². The largest absolute Gasteiger partial charge is 0.309 e. The minimum atomic E-state index is 0.0157. The predicted molar refractivity (Wildman–Crippen MR) is 103 cm³/mol. The standard InChI is InChI=1S/C20H26N4O/c1-5-6-7-18(25)22-19-16-11-15-9-8-14(4)10-17(15)21-20(16)24(23-19)12-13(2)3/h8-11,13H,5-7,12H2,1-4H3,(H,22,23,25). The van der Waals surface area contributed by atoms with Gasteiger partial charge in [-0.15, -0.1) is 0 Å². The maximum atomic E-state index is 12.2. The van der Waals surface area contributed by atoms with Crippen LogP contribution < -0.4 is 5.32 Å². The third-order valence-electron chi connectivity index (χ3n) is 4.23. The molecule has 1 N–H and O–H groups in total. The second-order valence-corrected chi connectivity index (χ2v) is 7.13. The van der Waals surface area contributed by atoms with E-state index in [1.165, 1.54) is 5.56 Å². The molecule has 2 aromatic heterocycles. The van der Waals surface area contributed by atoms with Gasteiger partial charge in [-0.2, -0.15) is 5.10 Å². The van der Waals surface area contributed by atoms with Gasteiger partial charge in [0.15, 0.2) is 11.5 Å². The molecule has 0 aliphatic rings. The minimum absolute atomic E-state index is 0.0157. The van der Waals surface area contributed by atoms with Crippen LogP contribution in [0.5, 0.6) is 0 Å². The molecule has 3 aromatic rings. The fraction of sp³-hybridized carbons (Fsp3) is 0.450. The van der Waals surface area contributed by atoms with Gasteiger partial charge in [0.25, 0.3) is 0 Å². The molecule has 0 unspecified atom stereocenters. The van der Waals surface area contributed by atoms with Gasteiger partial charge in [-0.3, -0.25) is 4.79 Å². The highest BCUT2D eigenvalue weighted by Gasteiger charge is 2.16. The van der Waals surface area contributed by atoms with Gasteiger partial charge < -0.3 is 5.32 Å². The topological polar surface area (TPSA) is 59.8 Å². The van der Waals surface area contributed by atoms with E-state index < -0.39 is 0 Å². The van der Waals surface area contributed by atoms with E-state index in [0.29, 0.717) is 18.2 Å². The van der Waals surface area contributed by atoms with Crippen LogP contribution in [0.4, 0.5) is 5.82 Å². The van der Waals surface area contributed by atoms with E-state index in [2.05, 4.69) is 62.4 Å². The number of pyridine rings is 1. The van der Waals surface area contributed by atoms with Crippen LogP contribution in [0.3, 0.4) is 0 Å². The lowest BCUT2D eigenvalue weighted by Crippen LogP contribution is -2.12. The molecule has 2 heterocycles. The third kappa shape index (κ3) is 3.81. The Morgan fingerprint density at radius 2 is 2.08 bits per heavy atom. The molecule has 0 bridgehead atoms. The second kappa shape index (κ2) is 7.21. The second-order valence-electron chi connectivity index (χ2n) is 7.13. The zero-order valence-electron chi connectivity index (χ0n) is 15.5. The number of benzene rings is 1. The Morgan fingerprint density at radius 3 is 2.80 bits per heavy atom. The SMILES string of the molecule is CCCCC(=O)Nc1nn(CC(C)C)c2nc3cc(C)ccc3cc12. The number of rotatable bonds is 6. The summed E-state index contributed by atoms with van der Waals surface area (Å²) in [5, 5.41) is 9.59. The summed E-state index contributed by atoms with van der Waals surface area (Å²) in [5.74, 6) is 1.08. The fourth-order valence-corrected chi connectivity index (χ4v) is 2.96. The number of nitrogens with zero attached hydrogens (tertiary/aromatic N) is 3. The normalized spacial score (nSPS) is 11.6. The maximum absolute atomic E-state index is 12.2. The minimum Gasteiger partial charge on any atom is -0.309 e. The van der Waals surface area contributed by atoms with Gasteiger partial charge >= 0.3 is 0 Å². The summed E-state index contributed by atoms with van der Waals surface area (Å²) in [6.45, 7) is 9.22. The molecular formula is C20H26N4O. The van der Waals surface area contributed by atoms with Crippen molar-refractivity contribution in [3.8, 4) is 0 Å². The molecule has 25 heavy (non-hydrogen) atoms. The quantitative estimate of drug-likeness (QED) is 0.710. The highest BCUT2D eigenvalue weighted by atomic mass is 16.1. The molecule has 1 aromatic carbocycles. The Morgan fingerprint density at radius 1 is 1.28 bits per heavy atom. The lowest BCUT2D eigenvalue weighted by Gasteiger charge is -2.06. The molecule has 132 valence electrons. The molecule has 5 heteroatoms. The number of unbranched alkanes of at least 4 members (excludes halogenated alkanes) is 1. The summed E-state index contributed by atoms with van der Waals surface area (Å²) in [5.41, 5.74) is 2.97. The number of aromatic nitrogens is 3. The third-order valence-corrected chi connectivity index (χ3v) is 4.23. The monoisotopic (exact) mass is 338 g/mol. The van der Waals surface area contributed by atoms with Gasteiger partial charge in [-0.1, -0.05) is 39.3 Å². The molecule has 5 nitrogen and oxygen atoms in total. The van der Waals surface area contributed by atoms with Crippen LogP contribution >= 0.6 is 0 Å². The molecule has 0 aliphatic carbocycles. The van der Waals surface area contributed by atoms with E-state index in [1.54, 1.807) is 0 Å². The zero-order valence-corrected chi connectivity index (χ0v) is 15.5. The maximum Gasteiger partial charge on any atom is 0.225 e. The first-order valence-electron chi connectivity index (χ1n) is 9.05. The molecule has 0 aliphatic heterocycles. The lowest BCUT2D eigenvalue weighted by atomic mass is 10.1. The van der Waals surface area contributed by atoms with Crippen molar-refractivity contribution in [3.05, 3.63) is 29.8 Å². The Hall–Kier alpha value is -2.43. The molecule has 3 rings (SSSR count).